The van der Waals surface area contributed by atoms with Crippen LogP contribution in [0.2, 0.25) is 0 Å². The molecule has 0 atom stereocenters. The van der Waals surface area contributed by atoms with E-state index in [-0.39, 0.29) is 13.2 Å². The van der Waals surface area contributed by atoms with Gasteiger partial charge in [0.25, 0.3) is 0 Å². The minimum Gasteiger partial charge on any atom is -0.392 e. The Morgan fingerprint density at radius 3 is 2.24 bits per heavy atom. The first kappa shape index (κ1) is 14.2. The van der Waals surface area contributed by atoms with Crippen molar-refractivity contribution in [3.05, 3.63) is 34.9 Å². The number of rotatable bonds is 8. The second kappa shape index (κ2) is 8.26. The number of benzene rings is 1. The van der Waals surface area contributed by atoms with Gasteiger partial charge in [-0.3, -0.25) is 0 Å². The Morgan fingerprint density at radius 2 is 1.59 bits per heavy atom. The Hall–Kier alpha value is -0.860. The predicted octanol–water partition coefficient (Wildman–Crippen LogP) is 3.18. The quantitative estimate of drug-likeness (QED) is 0.681. The fraction of sp³-hybridized carbons (Fsp3) is 0.600. The molecule has 17 heavy (non-hydrogen) atoms. The van der Waals surface area contributed by atoms with Crippen molar-refractivity contribution in [2.24, 2.45) is 0 Å². The molecular weight excluding hydrogens is 212 g/mol. The van der Waals surface area contributed by atoms with Crippen LogP contribution in [0.4, 0.5) is 0 Å². The van der Waals surface area contributed by atoms with Gasteiger partial charge in [-0.05, 0) is 29.5 Å². The van der Waals surface area contributed by atoms with E-state index in [1.54, 1.807) is 0 Å². The monoisotopic (exact) mass is 236 g/mol. The molecule has 0 aliphatic carbocycles. The second-order valence-electron chi connectivity index (χ2n) is 4.58. The lowest BCUT2D eigenvalue weighted by Crippen LogP contribution is -1.96. The molecule has 2 N–H and O–H groups in total. The summed E-state index contributed by atoms with van der Waals surface area (Å²) in [4.78, 5) is 0. The molecule has 0 saturated carbocycles. The highest BCUT2D eigenvalue weighted by atomic mass is 16.3. The normalized spacial score (nSPS) is 10.8. The lowest BCUT2D eigenvalue weighted by Gasteiger charge is -2.08. The van der Waals surface area contributed by atoms with Gasteiger partial charge in [0.15, 0.2) is 0 Å². The van der Waals surface area contributed by atoms with Crippen molar-refractivity contribution >= 4 is 0 Å². The summed E-state index contributed by atoms with van der Waals surface area (Å²) in [5.41, 5.74) is 2.96. The molecule has 0 aliphatic heterocycles. The minimum absolute atomic E-state index is 0.00662. The zero-order valence-corrected chi connectivity index (χ0v) is 10.8. The molecule has 0 amide bonds. The maximum atomic E-state index is 9.20. The number of hydrogen-bond acceptors (Lipinski definition) is 2. The Morgan fingerprint density at radius 1 is 0.882 bits per heavy atom. The van der Waals surface area contributed by atoms with E-state index >= 15 is 0 Å². The van der Waals surface area contributed by atoms with Crippen molar-refractivity contribution in [3.63, 3.8) is 0 Å². The minimum atomic E-state index is 0.00662. The van der Waals surface area contributed by atoms with Gasteiger partial charge < -0.3 is 10.2 Å². The van der Waals surface area contributed by atoms with Crippen molar-refractivity contribution in [2.45, 2.75) is 58.7 Å². The highest BCUT2D eigenvalue weighted by molar-refractivity contribution is 5.31. The van der Waals surface area contributed by atoms with E-state index in [0.717, 1.165) is 17.5 Å². The summed E-state index contributed by atoms with van der Waals surface area (Å²) in [6.45, 7) is 2.24. The van der Waals surface area contributed by atoms with E-state index in [1.807, 2.05) is 12.1 Å². The van der Waals surface area contributed by atoms with Crippen molar-refractivity contribution in [2.75, 3.05) is 0 Å². The molecular formula is C15H24O2. The lowest BCUT2D eigenvalue weighted by atomic mass is 10.0. The van der Waals surface area contributed by atoms with Crippen LogP contribution in [0.5, 0.6) is 0 Å². The Kier molecular flexibility index (Phi) is 6.90. The summed E-state index contributed by atoms with van der Waals surface area (Å²) in [5, 5.41) is 18.3. The van der Waals surface area contributed by atoms with Gasteiger partial charge in [0, 0.05) is 0 Å². The van der Waals surface area contributed by atoms with E-state index < -0.39 is 0 Å². The van der Waals surface area contributed by atoms with Gasteiger partial charge in [-0.15, -0.1) is 0 Å². The third kappa shape index (κ3) is 4.88. The fourth-order valence-electron chi connectivity index (χ4n) is 2.07. The lowest BCUT2D eigenvalue weighted by molar-refractivity contribution is 0.260. The van der Waals surface area contributed by atoms with Crippen LogP contribution < -0.4 is 0 Å². The van der Waals surface area contributed by atoms with Crippen LogP contribution >= 0.6 is 0 Å². The third-order valence-electron chi connectivity index (χ3n) is 3.18. The summed E-state index contributed by atoms with van der Waals surface area (Å²) in [6, 6.07) is 6.00. The summed E-state index contributed by atoms with van der Waals surface area (Å²) >= 11 is 0. The molecule has 0 radical (unpaired) electrons. The number of aliphatic hydroxyl groups excluding tert-OH is 2. The molecule has 0 unspecified atom stereocenters. The number of aryl methyl sites for hydroxylation is 1. The third-order valence-corrected chi connectivity index (χ3v) is 3.18. The van der Waals surface area contributed by atoms with Gasteiger partial charge in [-0.1, -0.05) is 50.8 Å². The van der Waals surface area contributed by atoms with Crippen molar-refractivity contribution < 1.29 is 10.2 Å². The van der Waals surface area contributed by atoms with E-state index in [9.17, 15) is 5.11 Å². The van der Waals surface area contributed by atoms with Crippen LogP contribution in [0.1, 0.15) is 55.7 Å². The van der Waals surface area contributed by atoms with Crippen molar-refractivity contribution in [3.8, 4) is 0 Å². The summed E-state index contributed by atoms with van der Waals surface area (Å²) < 4.78 is 0. The van der Waals surface area contributed by atoms with Crippen LogP contribution in [0.3, 0.4) is 0 Å². The molecule has 0 fully saturated rings. The molecule has 96 valence electrons. The summed E-state index contributed by atoms with van der Waals surface area (Å²) in [7, 11) is 0. The molecule has 2 nitrogen and oxygen atoms in total. The topological polar surface area (TPSA) is 40.5 Å². The van der Waals surface area contributed by atoms with Crippen LogP contribution in [-0.2, 0) is 19.6 Å². The largest absolute Gasteiger partial charge is 0.392 e. The first-order chi connectivity index (χ1) is 8.31. The van der Waals surface area contributed by atoms with Gasteiger partial charge in [-0.2, -0.15) is 0 Å². The molecule has 0 aromatic heterocycles. The molecule has 0 bridgehead atoms. The zero-order valence-electron chi connectivity index (χ0n) is 10.8. The zero-order chi connectivity index (χ0) is 12.5. The van der Waals surface area contributed by atoms with Crippen molar-refractivity contribution in [1.82, 2.24) is 0 Å². The Labute approximate surface area is 104 Å². The molecule has 0 spiro atoms. The molecule has 2 heteroatoms. The van der Waals surface area contributed by atoms with Gasteiger partial charge in [0.05, 0.1) is 13.2 Å². The van der Waals surface area contributed by atoms with Gasteiger partial charge in [0.2, 0.25) is 0 Å². The molecule has 1 rings (SSSR count). The average molecular weight is 236 g/mol. The van der Waals surface area contributed by atoms with Crippen molar-refractivity contribution in [1.29, 1.82) is 0 Å². The highest BCUT2D eigenvalue weighted by Gasteiger charge is 2.02. The van der Waals surface area contributed by atoms with Gasteiger partial charge >= 0.3 is 0 Å². The van der Waals surface area contributed by atoms with Gasteiger partial charge in [0.1, 0.15) is 0 Å². The SMILES string of the molecule is CCCCCCCc1ccc(CO)c(CO)c1. The molecule has 1 aromatic rings. The Balaban J connectivity index is 2.43. The van der Waals surface area contributed by atoms with Gasteiger partial charge in [-0.25, -0.2) is 0 Å². The summed E-state index contributed by atoms with van der Waals surface area (Å²) in [6.07, 6.45) is 7.49. The van der Waals surface area contributed by atoms with Crippen LogP contribution in [-0.4, -0.2) is 10.2 Å². The smallest absolute Gasteiger partial charge is 0.0685 e. The standard InChI is InChI=1S/C15H24O2/c1-2-3-4-5-6-7-13-8-9-14(11-16)15(10-13)12-17/h8-10,16-17H,2-7,11-12H2,1H3. The van der Waals surface area contributed by atoms with E-state index in [0.29, 0.717) is 0 Å². The molecule has 1 aromatic carbocycles. The Bertz CT molecular complexity index is 321. The number of hydrogen-bond donors (Lipinski definition) is 2. The fourth-order valence-corrected chi connectivity index (χ4v) is 2.07. The van der Waals surface area contributed by atoms with E-state index in [2.05, 4.69) is 13.0 Å². The summed E-state index contributed by atoms with van der Waals surface area (Å²) in [5.74, 6) is 0. The predicted molar refractivity (Wildman–Crippen MR) is 70.8 cm³/mol. The second-order valence-corrected chi connectivity index (χ2v) is 4.58. The molecule has 0 saturated heterocycles. The maximum absolute atomic E-state index is 9.20. The highest BCUT2D eigenvalue weighted by Crippen LogP contribution is 2.15. The van der Waals surface area contributed by atoms with E-state index in [1.165, 1.54) is 37.7 Å². The van der Waals surface area contributed by atoms with Crippen LogP contribution in [0.25, 0.3) is 0 Å². The first-order valence-electron chi connectivity index (χ1n) is 6.64. The number of aliphatic hydroxyl groups is 2. The molecule has 0 aliphatic rings. The average Bonchev–Trinajstić information content (AvgIpc) is 2.38. The van der Waals surface area contributed by atoms with E-state index in [4.69, 9.17) is 5.11 Å². The van der Waals surface area contributed by atoms with Crippen LogP contribution in [0.15, 0.2) is 18.2 Å². The maximum Gasteiger partial charge on any atom is 0.0685 e. The number of unbranched alkanes of at least 4 members (excludes halogenated alkanes) is 4. The molecule has 0 heterocycles. The first-order valence-corrected chi connectivity index (χ1v) is 6.64. The van der Waals surface area contributed by atoms with Crippen LogP contribution in [0, 0.1) is 0 Å².